The fourth-order valence-electron chi connectivity index (χ4n) is 3.55. The Morgan fingerprint density at radius 1 is 0.935 bits per heavy atom. The van der Waals surface area contributed by atoms with Crippen LogP contribution < -0.4 is 4.90 Å². The molecule has 1 amide bonds. The Hall–Kier alpha value is -3.78. The van der Waals surface area contributed by atoms with Crippen molar-refractivity contribution in [3.63, 3.8) is 0 Å². The molecule has 1 saturated heterocycles. The second-order valence-electron chi connectivity index (χ2n) is 6.86. The average molecular weight is 479 g/mol. The molecule has 154 valence electrons. The van der Waals surface area contributed by atoms with Crippen molar-refractivity contribution in [2.24, 2.45) is 0 Å². The molecule has 31 heavy (non-hydrogen) atoms. The Bertz CT molecular complexity index is 1200. The number of carbonyl (C=O) groups excluding carboxylic acids is 2. The number of carbonyl (C=O) groups is 2. The second-order valence-corrected chi connectivity index (χ2v) is 7.78. The van der Waals surface area contributed by atoms with Crippen molar-refractivity contribution >= 4 is 44.8 Å². The van der Waals surface area contributed by atoms with E-state index in [9.17, 15) is 24.8 Å². The lowest BCUT2D eigenvalue weighted by Crippen LogP contribution is -2.29. The zero-order valence-corrected chi connectivity index (χ0v) is 17.5. The first kappa shape index (κ1) is 20.5. The summed E-state index contributed by atoms with van der Waals surface area (Å²) in [4.78, 5) is 37.8. The lowest BCUT2D eigenvalue weighted by molar-refractivity contribution is -0.384. The van der Waals surface area contributed by atoms with Gasteiger partial charge in [0, 0.05) is 27.9 Å². The van der Waals surface area contributed by atoms with E-state index in [4.69, 9.17) is 0 Å². The van der Waals surface area contributed by atoms with Gasteiger partial charge in [-0.25, -0.2) is 0 Å². The highest BCUT2D eigenvalue weighted by molar-refractivity contribution is 9.10. The van der Waals surface area contributed by atoms with Gasteiger partial charge in [-0.15, -0.1) is 0 Å². The predicted molar refractivity (Wildman–Crippen MR) is 118 cm³/mol. The van der Waals surface area contributed by atoms with Gasteiger partial charge in [-0.05, 0) is 42.0 Å². The highest BCUT2D eigenvalue weighted by Crippen LogP contribution is 2.42. The molecule has 7 nitrogen and oxygen atoms in total. The van der Waals surface area contributed by atoms with Gasteiger partial charge < -0.3 is 5.11 Å². The van der Waals surface area contributed by atoms with E-state index in [1.54, 1.807) is 54.6 Å². The zero-order valence-electron chi connectivity index (χ0n) is 15.9. The minimum absolute atomic E-state index is 0.0760. The molecule has 1 fully saturated rings. The van der Waals surface area contributed by atoms with Gasteiger partial charge in [0.2, 0.25) is 0 Å². The number of benzene rings is 3. The van der Waals surface area contributed by atoms with Crippen molar-refractivity contribution in [1.82, 2.24) is 0 Å². The van der Waals surface area contributed by atoms with Gasteiger partial charge in [0.1, 0.15) is 5.76 Å². The fourth-order valence-corrected chi connectivity index (χ4v) is 3.81. The normalized spacial score (nSPS) is 17.7. The van der Waals surface area contributed by atoms with Gasteiger partial charge >= 0.3 is 0 Å². The quantitative estimate of drug-likeness (QED) is 0.187. The van der Waals surface area contributed by atoms with Crippen LogP contribution in [-0.2, 0) is 9.59 Å². The first-order valence-corrected chi connectivity index (χ1v) is 10.0. The fraction of sp³-hybridized carbons (Fsp3) is 0.0435. The van der Waals surface area contributed by atoms with Gasteiger partial charge in [-0.2, -0.15) is 0 Å². The number of nitro benzene ring substituents is 1. The molecule has 0 radical (unpaired) electrons. The number of nitrogens with zero attached hydrogens (tertiary/aromatic N) is 2. The summed E-state index contributed by atoms with van der Waals surface area (Å²) in [6.45, 7) is 0. The summed E-state index contributed by atoms with van der Waals surface area (Å²) >= 11 is 3.34. The number of Topliss-reactive ketones (excluding diaryl/α,β-unsaturated/α-hetero) is 1. The standard InChI is InChI=1S/C23H15BrN2O5/c24-16-8-12-17(13-9-16)25-20(14-6-10-18(11-7-14)26(30)31)19(22(28)23(25)29)21(27)15-4-2-1-3-5-15/h1-13,20,27H. The molecular formula is C23H15BrN2O5. The molecular weight excluding hydrogens is 464 g/mol. The lowest BCUT2D eigenvalue weighted by atomic mass is 9.95. The van der Waals surface area contributed by atoms with Crippen LogP contribution in [0.3, 0.4) is 0 Å². The topological polar surface area (TPSA) is 101 Å². The molecule has 3 aromatic carbocycles. The molecule has 1 heterocycles. The Morgan fingerprint density at radius 3 is 2.13 bits per heavy atom. The van der Waals surface area contributed by atoms with Crippen LogP contribution in [0.1, 0.15) is 17.2 Å². The number of halogens is 1. The molecule has 0 aromatic heterocycles. The summed E-state index contributed by atoms with van der Waals surface area (Å²) in [6.07, 6.45) is 0. The third-order valence-electron chi connectivity index (χ3n) is 5.02. The summed E-state index contributed by atoms with van der Waals surface area (Å²) in [6, 6.07) is 19.9. The maximum absolute atomic E-state index is 13.0. The SMILES string of the molecule is O=C1C(=O)N(c2ccc(Br)cc2)C(c2ccc([N+](=O)[O-])cc2)C1=C(O)c1ccccc1. The molecule has 1 aliphatic heterocycles. The molecule has 1 unspecified atom stereocenters. The van der Waals surface area contributed by atoms with E-state index in [1.807, 2.05) is 0 Å². The lowest BCUT2D eigenvalue weighted by Gasteiger charge is -2.25. The largest absolute Gasteiger partial charge is 0.507 e. The molecule has 8 heteroatoms. The van der Waals surface area contributed by atoms with E-state index in [-0.39, 0.29) is 17.0 Å². The Balaban J connectivity index is 1.93. The van der Waals surface area contributed by atoms with E-state index >= 15 is 0 Å². The van der Waals surface area contributed by atoms with Crippen molar-refractivity contribution in [2.45, 2.75) is 6.04 Å². The average Bonchev–Trinajstić information content (AvgIpc) is 3.05. The van der Waals surface area contributed by atoms with Crippen LogP contribution in [0.2, 0.25) is 0 Å². The summed E-state index contributed by atoms with van der Waals surface area (Å²) in [5.41, 5.74) is 1.12. The van der Waals surface area contributed by atoms with Crippen LogP contribution in [0.25, 0.3) is 5.76 Å². The highest BCUT2D eigenvalue weighted by Gasteiger charge is 2.47. The van der Waals surface area contributed by atoms with Crippen LogP contribution in [0.5, 0.6) is 0 Å². The number of nitro groups is 1. The van der Waals surface area contributed by atoms with E-state index in [0.717, 1.165) is 4.47 Å². The van der Waals surface area contributed by atoms with Crippen LogP contribution in [0.15, 0.2) is 88.9 Å². The summed E-state index contributed by atoms with van der Waals surface area (Å²) in [7, 11) is 0. The minimum atomic E-state index is -0.942. The Labute approximate surface area is 185 Å². The maximum atomic E-state index is 13.0. The molecule has 1 atom stereocenters. The monoisotopic (exact) mass is 478 g/mol. The molecule has 1 N–H and O–H groups in total. The maximum Gasteiger partial charge on any atom is 0.300 e. The van der Waals surface area contributed by atoms with Gasteiger partial charge in [0.15, 0.2) is 0 Å². The number of amides is 1. The number of anilines is 1. The van der Waals surface area contributed by atoms with Gasteiger partial charge in [-0.3, -0.25) is 24.6 Å². The molecule has 0 bridgehead atoms. The van der Waals surface area contributed by atoms with Crippen molar-refractivity contribution in [3.05, 3.63) is 110 Å². The number of ketones is 1. The van der Waals surface area contributed by atoms with E-state index < -0.39 is 22.7 Å². The van der Waals surface area contributed by atoms with E-state index in [1.165, 1.54) is 29.2 Å². The van der Waals surface area contributed by atoms with Crippen molar-refractivity contribution < 1.29 is 19.6 Å². The minimum Gasteiger partial charge on any atom is -0.507 e. The van der Waals surface area contributed by atoms with Crippen molar-refractivity contribution in [1.29, 1.82) is 0 Å². The van der Waals surface area contributed by atoms with Gasteiger partial charge in [-0.1, -0.05) is 46.3 Å². The predicted octanol–water partition coefficient (Wildman–Crippen LogP) is 4.98. The Kier molecular flexibility index (Phi) is 5.39. The zero-order chi connectivity index (χ0) is 22.1. The third kappa shape index (κ3) is 3.73. The number of aliphatic hydroxyl groups is 1. The third-order valence-corrected chi connectivity index (χ3v) is 5.54. The molecule has 0 aliphatic carbocycles. The van der Waals surface area contributed by atoms with Gasteiger partial charge in [0.05, 0.1) is 16.5 Å². The highest BCUT2D eigenvalue weighted by atomic mass is 79.9. The molecule has 0 spiro atoms. The van der Waals surface area contributed by atoms with Crippen LogP contribution >= 0.6 is 15.9 Å². The summed E-state index contributed by atoms with van der Waals surface area (Å²) in [5.74, 6) is -1.92. The summed E-state index contributed by atoms with van der Waals surface area (Å²) < 4.78 is 0.795. The number of non-ortho nitro benzene ring substituents is 1. The molecule has 3 aromatic rings. The first-order valence-electron chi connectivity index (χ1n) is 9.25. The molecule has 4 rings (SSSR count). The number of aliphatic hydroxyl groups excluding tert-OH is 1. The van der Waals surface area contributed by atoms with Crippen LogP contribution in [-0.4, -0.2) is 21.7 Å². The molecule has 1 aliphatic rings. The smallest absolute Gasteiger partial charge is 0.300 e. The first-order chi connectivity index (χ1) is 14.9. The summed E-state index contributed by atoms with van der Waals surface area (Å²) in [5, 5.41) is 22.0. The van der Waals surface area contributed by atoms with Gasteiger partial charge in [0.25, 0.3) is 17.4 Å². The molecule has 0 saturated carbocycles. The van der Waals surface area contributed by atoms with E-state index in [0.29, 0.717) is 16.8 Å². The van der Waals surface area contributed by atoms with Crippen LogP contribution in [0, 0.1) is 10.1 Å². The van der Waals surface area contributed by atoms with Crippen LogP contribution in [0.4, 0.5) is 11.4 Å². The van der Waals surface area contributed by atoms with Crippen molar-refractivity contribution in [2.75, 3.05) is 4.90 Å². The second kappa shape index (κ2) is 8.16. The number of hydrogen-bond acceptors (Lipinski definition) is 5. The number of hydrogen-bond donors (Lipinski definition) is 1. The number of rotatable bonds is 4. The van der Waals surface area contributed by atoms with Crippen molar-refractivity contribution in [3.8, 4) is 0 Å². The Morgan fingerprint density at radius 2 is 1.55 bits per heavy atom. The van der Waals surface area contributed by atoms with E-state index in [2.05, 4.69) is 15.9 Å².